The number of rotatable bonds is 2. The van der Waals surface area contributed by atoms with Gasteiger partial charge in [-0.15, -0.1) is 0 Å². The molecule has 0 aromatic carbocycles. The van der Waals surface area contributed by atoms with Crippen molar-refractivity contribution in [2.24, 2.45) is 0 Å². The maximum Gasteiger partial charge on any atom is 0.320 e. The van der Waals surface area contributed by atoms with E-state index in [0.717, 1.165) is 5.56 Å². The van der Waals surface area contributed by atoms with Crippen molar-refractivity contribution in [3.8, 4) is 11.8 Å². The summed E-state index contributed by atoms with van der Waals surface area (Å²) in [6.45, 7) is 2.39. The largest absolute Gasteiger partial charge is 0.338 e. The molecule has 3 heterocycles. The quantitative estimate of drug-likeness (QED) is 0.711. The van der Waals surface area contributed by atoms with Gasteiger partial charge in [0.25, 0.3) is 0 Å². The Morgan fingerprint density at radius 2 is 2.17 bits per heavy atom. The highest BCUT2D eigenvalue weighted by molar-refractivity contribution is 7.08. The number of fused-ring (bicyclic) bond motifs is 1. The van der Waals surface area contributed by atoms with Crippen molar-refractivity contribution < 1.29 is 4.79 Å². The lowest BCUT2D eigenvalue weighted by molar-refractivity contribution is 0.252. The Balaban J connectivity index is 1.87. The molecule has 3 aromatic rings. The Hall–Kier alpha value is -2.98. The third-order valence-corrected chi connectivity index (χ3v) is 3.53. The van der Waals surface area contributed by atoms with E-state index in [1.54, 1.807) is 29.7 Å². The van der Waals surface area contributed by atoms with Gasteiger partial charge in [0.05, 0.1) is 6.20 Å². The minimum absolute atomic E-state index is 0.305. The number of pyridine rings is 1. The lowest BCUT2D eigenvalue weighted by Gasteiger charge is -2.05. The lowest BCUT2D eigenvalue weighted by Crippen LogP contribution is -2.28. The van der Waals surface area contributed by atoms with Crippen LogP contribution in [0, 0.1) is 11.8 Å². The van der Waals surface area contributed by atoms with Crippen LogP contribution in [0.3, 0.4) is 0 Å². The molecule has 2 N–H and O–H groups in total. The Kier molecular flexibility index (Phi) is 4.45. The SMILES string of the molecule is CCNC(=O)Nc1ccc2ncc(C#Cc3ccsc3)nc2n1. The van der Waals surface area contributed by atoms with Crippen molar-refractivity contribution >= 4 is 34.3 Å². The fraction of sp³-hybridized carbons (Fsp3) is 0.125. The van der Waals surface area contributed by atoms with Crippen molar-refractivity contribution in [2.45, 2.75) is 6.92 Å². The highest BCUT2D eigenvalue weighted by Gasteiger charge is 2.05. The van der Waals surface area contributed by atoms with E-state index in [2.05, 4.69) is 37.4 Å². The van der Waals surface area contributed by atoms with Crippen LogP contribution >= 0.6 is 11.3 Å². The van der Waals surface area contributed by atoms with Crippen LogP contribution in [-0.2, 0) is 0 Å². The minimum Gasteiger partial charge on any atom is -0.338 e. The number of nitrogens with one attached hydrogen (secondary N) is 2. The van der Waals surface area contributed by atoms with Crippen molar-refractivity contribution in [3.63, 3.8) is 0 Å². The molecule has 3 aromatic heterocycles. The summed E-state index contributed by atoms with van der Waals surface area (Å²) in [7, 11) is 0. The van der Waals surface area contributed by atoms with E-state index in [-0.39, 0.29) is 6.03 Å². The Morgan fingerprint density at radius 1 is 1.26 bits per heavy atom. The summed E-state index contributed by atoms with van der Waals surface area (Å²) in [4.78, 5) is 24.5. The first-order valence-corrected chi connectivity index (χ1v) is 7.92. The average molecular weight is 323 g/mol. The maximum absolute atomic E-state index is 11.5. The highest BCUT2D eigenvalue weighted by Crippen LogP contribution is 2.11. The van der Waals surface area contributed by atoms with E-state index in [9.17, 15) is 4.79 Å². The molecule has 0 aliphatic heterocycles. The molecule has 0 unspecified atom stereocenters. The van der Waals surface area contributed by atoms with Crippen molar-refractivity contribution in [3.05, 3.63) is 46.4 Å². The van der Waals surface area contributed by atoms with Crippen LogP contribution < -0.4 is 10.6 Å². The summed E-state index contributed by atoms with van der Waals surface area (Å²) < 4.78 is 0. The van der Waals surface area contributed by atoms with Gasteiger partial charge in [-0.05, 0) is 36.4 Å². The van der Waals surface area contributed by atoms with Gasteiger partial charge in [-0.2, -0.15) is 11.3 Å². The smallest absolute Gasteiger partial charge is 0.320 e. The van der Waals surface area contributed by atoms with Gasteiger partial charge in [-0.25, -0.2) is 19.7 Å². The molecule has 0 aliphatic carbocycles. The van der Waals surface area contributed by atoms with Crippen LogP contribution in [0.5, 0.6) is 0 Å². The van der Waals surface area contributed by atoms with Crippen molar-refractivity contribution in [1.29, 1.82) is 0 Å². The summed E-state index contributed by atoms with van der Waals surface area (Å²) in [6, 6.07) is 5.08. The predicted molar refractivity (Wildman–Crippen MR) is 90.3 cm³/mol. The highest BCUT2D eigenvalue weighted by atomic mass is 32.1. The zero-order valence-corrected chi connectivity index (χ0v) is 13.1. The monoisotopic (exact) mass is 323 g/mol. The van der Waals surface area contributed by atoms with Gasteiger partial charge in [-0.3, -0.25) is 5.32 Å². The summed E-state index contributed by atoms with van der Waals surface area (Å²) in [5, 5.41) is 9.22. The Morgan fingerprint density at radius 3 is 2.96 bits per heavy atom. The molecule has 0 fully saturated rings. The lowest BCUT2D eigenvalue weighted by atomic mass is 10.3. The predicted octanol–water partition coefficient (Wildman–Crippen LogP) is 2.63. The number of anilines is 1. The average Bonchev–Trinajstić information content (AvgIpc) is 3.06. The third-order valence-electron chi connectivity index (χ3n) is 2.84. The van der Waals surface area contributed by atoms with Gasteiger partial charge in [-0.1, -0.05) is 5.92 Å². The molecular weight excluding hydrogens is 310 g/mol. The first kappa shape index (κ1) is 14.9. The van der Waals surface area contributed by atoms with Crippen LogP contribution in [0.2, 0.25) is 0 Å². The number of nitrogens with zero attached hydrogens (tertiary/aromatic N) is 3. The Bertz CT molecular complexity index is 896. The molecule has 114 valence electrons. The topological polar surface area (TPSA) is 79.8 Å². The molecule has 0 aliphatic rings. The van der Waals surface area contributed by atoms with Crippen LogP contribution in [0.25, 0.3) is 11.2 Å². The number of hydrogen-bond acceptors (Lipinski definition) is 5. The van der Waals surface area contributed by atoms with Crippen LogP contribution in [-0.4, -0.2) is 27.5 Å². The summed E-state index contributed by atoms with van der Waals surface area (Å²) in [6.07, 6.45) is 1.61. The maximum atomic E-state index is 11.5. The van der Waals surface area contributed by atoms with Crippen molar-refractivity contribution in [2.75, 3.05) is 11.9 Å². The van der Waals surface area contributed by atoms with Gasteiger partial charge >= 0.3 is 6.03 Å². The first-order chi connectivity index (χ1) is 11.2. The van der Waals surface area contributed by atoms with Gasteiger partial charge in [0, 0.05) is 17.5 Å². The molecule has 3 rings (SSSR count). The van der Waals surface area contributed by atoms with E-state index in [1.165, 1.54) is 0 Å². The molecule has 7 heteroatoms. The van der Waals surface area contributed by atoms with Crippen LogP contribution in [0.1, 0.15) is 18.2 Å². The van der Waals surface area contributed by atoms with E-state index < -0.39 is 0 Å². The van der Waals surface area contributed by atoms with E-state index in [0.29, 0.717) is 29.2 Å². The molecular formula is C16H13N5OS. The van der Waals surface area contributed by atoms with Gasteiger partial charge in [0.1, 0.15) is 17.0 Å². The molecule has 0 saturated carbocycles. The molecule has 0 bridgehead atoms. The molecule has 2 amide bonds. The molecule has 0 radical (unpaired) electrons. The Labute approximate surface area is 137 Å². The van der Waals surface area contributed by atoms with Crippen molar-refractivity contribution in [1.82, 2.24) is 20.3 Å². The summed E-state index contributed by atoms with van der Waals surface area (Å²) in [5.41, 5.74) is 2.56. The first-order valence-electron chi connectivity index (χ1n) is 6.97. The summed E-state index contributed by atoms with van der Waals surface area (Å²) in [5.74, 6) is 6.40. The molecule has 6 nitrogen and oxygen atoms in total. The zero-order valence-electron chi connectivity index (χ0n) is 12.3. The number of urea groups is 1. The number of hydrogen-bond donors (Lipinski definition) is 2. The van der Waals surface area contributed by atoms with E-state index >= 15 is 0 Å². The van der Waals surface area contributed by atoms with E-state index in [1.807, 2.05) is 23.8 Å². The van der Waals surface area contributed by atoms with Gasteiger partial charge in [0.2, 0.25) is 0 Å². The fourth-order valence-corrected chi connectivity index (χ4v) is 2.41. The normalized spacial score (nSPS) is 9.96. The van der Waals surface area contributed by atoms with Gasteiger partial charge < -0.3 is 5.32 Å². The minimum atomic E-state index is -0.305. The second-order valence-electron chi connectivity index (χ2n) is 4.54. The molecule has 0 saturated heterocycles. The number of carbonyl (C=O) groups excluding carboxylic acids is 1. The fourth-order valence-electron chi connectivity index (χ4n) is 1.82. The van der Waals surface area contributed by atoms with Crippen LogP contribution in [0.15, 0.2) is 35.2 Å². The zero-order chi connectivity index (χ0) is 16.1. The number of thiophene rings is 1. The van der Waals surface area contributed by atoms with Crippen LogP contribution in [0.4, 0.5) is 10.6 Å². The second-order valence-corrected chi connectivity index (χ2v) is 5.32. The third kappa shape index (κ3) is 3.81. The number of carbonyl (C=O) groups is 1. The van der Waals surface area contributed by atoms with E-state index in [4.69, 9.17) is 0 Å². The number of aromatic nitrogens is 3. The molecule has 0 spiro atoms. The second kappa shape index (κ2) is 6.85. The molecule has 23 heavy (non-hydrogen) atoms. The van der Waals surface area contributed by atoms with Gasteiger partial charge in [0.15, 0.2) is 5.65 Å². The number of amides is 2. The standard InChI is InChI=1S/C16H13N5OS/c1-2-17-16(22)21-14-6-5-13-15(20-14)19-12(9-18-13)4-3-11-7-8-23-10-11/h5-10H,2H2,1H3,(H2,17,19,20,21,22). The molecule has 0 atom stereocenters. The summed E-state index contributed by atoms with van der Waals surface area (Å²) >= 11 is 1.59.